The van der Waals surface area contributed by atoms with Gasteiger partial charge in [-0.3, -0.25) is 0 Å². The minimum atomic E-state index is -1.13. The van der Waals surface area contributed by atoms with Gasteiger partial charge in [-0.1, -0.05) is 6.07 Å². The number of carbonyl (C=O) groups is 2. The Kier molecular flexibility index (Phi) is 5.33. The molecule has 0 bridgehead atoms. The second-order valence-corrected chi connectivity index (χ2v) is 2.19. The van der Waals surface area contributed by atoms with Crippen molar-refractivity contribution in [2.24, 2.45) is 0 Å². The maximum Gasteiger partial charge on any atom is 0.335 e. The monoisotopic (exact) mass is 216 g/mol. The van der Waals surface area contributed by atoms with Crippen LogP contribution in [0.2, 0.25) is 0 Å². The summed E-state index contributed by atoms with van der Waals surface area (Å²) in [5.74, 6) is -2.25. The first-order valence-corrected chi connectivity index (χ1v) is 4.31. The molecule has 2 N–H and O–H groups in total. The minimum absolute atomic E-state index is 0.0186. The number of alkyl halides is 1. The number of carboxylic acid groups (broad SMARTS) is 2. The van der Waals surface area contributed by atoms with Crippen LogP contribution >= 0.6 is 11.6 Å². The number of rotatable bonds is 2. The molecular weight excluding hydrogens is 208 g/mol. The van der Waals surface area contributed by atoms with E-state index in [2.05, 4.69) is 11.6 Å². The highest BCUT2D eigenvalue weighted by Gasteiger charge is 2.06. The Labute approximate surface area is 85.7 Å². The van der Waals surface area contributed by atoms with Gasteiger partial charge in [-0.15, -0.1) is 11.6 Å². The van der Waals surface area contributed by atoms with Crippen LogP contribution in [0.25, 0.3) is 0 Å². The van der Waals surface area contributed by atoms with E-state index in [1.54, 1.807) is 0 Å². The molecule has 14 heavy (non-hydrogen) atoms. The van der Waals surface area contributed by atoms with E-state index in [4.69, 9.17) is 10.2 Å². The predicted octanol–water partition coefficient (Wildman–Crippen LogP) is 1.94. The van der Waals surface area contributed by atoms with E-state index >= 15 is 0 Å². The summed E-state index contributed by atoms with van der Waals surface area (Å²) in [6.45, 7) is 0. The number of aromatic carboxylic acids is 2. The zero-order valence-electron chi connectivity index (χ0n) is 7.40. The third-order valence-electron chi connectivity index (χ3n) is 1.36. The van der Waals surface area contributed by atoms with E-state index < -0.39 is 11.9 Å². The summed E-state index contributed by atoms with van der Waals surface area (Å²) in [6.07, 6.45) is 1.47. The Balaban J connectivity index is 0.000000791. The van der Waals surface area contributed by atoms with E-state index in [-0.39, 0.29) is 11.1 Å². The van der Waals surface area contributed by atoms with Crippen molar-refractivity contribution in [3.63, 3.8) is 0 Å². The second kappa shape index (κ2) is 5.99. The maximum absolute atomic E-state index is 10.4. The maximum atomic E-state index is 10.4. The van der Waals surface area contributed by atoms with Crippen molar-refractivity contribution < 1.29 is 19.8 Å². The summed E-state index contributed by atoms with van der Waals surface area (Å²) < 4.78 is 0. The fourth-order valence-corrected chi connectivity index (χ4v) is 0.785. The summed E-state index contributed by atoms with van der Waals surface area (Å²) >= 11 is 4.64. The van der Waals surface area contributed by atoms with Crippen molar-refractivity contribution >= 4 is 23.5 Å². The van der Waals surface area contributed by atoms with Crippen LogP contribution in [-0.2, 0) is 0 Å². The minimum Gasteiger partial charge on any atom is -0.478 e. The Morgan fingerprint density at radius 3 is 1.71 bits per heavy atom. The molecule has 0 saturated carbocycles. The molecule has 1 rings (SSSR count). The topological polar surface area (TPSA) is 74.6 Å². The predicted molar refractivity (Wildman–Crippen MR) is 52.1 cm³/mol. The number of halogens is 1. The fourth-order valence-electron chi connectivity index (χ4n) is 0.785. The van der Waals surface area contributed by atoms with Crippen molar-refractivity contribution in [1.29, 1.82) is 0 Å². The van der Waals surface area contributed by atoms with Crippen molar-refractivity contribution in [3.8, 4) is 0 Å². The first-order chi connectivity index (χ1) is 6.61. The van der Waals surface area contributed by atoms with Gasteiger partial charge in [0.2, 0.25) is 0 Å². The van der Waals surface area contributed by atoms with Crippen molar-refractivity contribution in [2.45, 2.75) is 0 Å². The van der Waals surface area contributed by atoms with Crippen LogP contribution in [0.4, 0.5) is 0 Å². The van der Waals surface area contributed by atoms with Crippen LogP contribution in [0.3, 0.4) is 0 Å². The van der Waals surface area contributed by atoms with Gasteiger partial charge in [-0.25, -0.2) is 9.59 Å². The standard InChI is InChI=1S/C8H6O4.CH3Cl/c9-7(10)5-2-1-3-6(4-5)8(11)12;1-2/h1-4H,(H,9,10)(H,11,12);1H3. The highest BCUT2D eigenvalue weighted by atomic mass is 35.5. The number of benzene rings is 1. The number of carboxylic acids is 2. The molecule has 0 aromatic heterocycles. The van der Waals surface area contributed by atoms with Gasteiger partial charge in [0.15, 0.2) is 0 Å². The lowest BCUT2D eigenvalue weighted by atomic mass is 10.1. The molecular formula is C9H9ClO4. The van der Waals surface area contributed by atoms with Crippen LogP contribution in [0.1, 0.15) is 20.7 Å². The Bertz CT molecular complexity index is 306. The van der Waals surface area contributed by atoms with Crippen LogP contribution in [0.15, 0.2) is 24.3 Å². The highest BCUT2D eigenvalue weighted by Crippen LogP contribution is 2.04. The molecule has 0 spiro atoms. The molecule has 0 amide bonds. The van der Waals surface area contributed by atoms with Gasteiger partial charge >= 0.3 is 11.9 Å². The third kappa shape index (κ3) is 3.45. The SMILES string of the molecule is CCl.O=C(O)c1cccc(C(=O)O)c1. The lowest BCUT2D eigenvalue weighted by Gasteiger charge is -1.95. The molecule has 76 valence electrons. The molecule has 0 unspecified atom stereocenters. The van der Waals surface area contributed by atoms with Crippen LogP contribution < -0.4 is 0 Å². The largest absolute Gasteiger partial charge is 0.478 e. The van der Waals surface area contributed by atoms with Gasteiger partial charge in [0, 0.05) is 6.38 Å². The lowest BCUT2D eigenvalue weighted by Crippen LogP contribution is -2.01. The molecule has 0 aliphatic rings. The molecule has 0 aliphatic carbocycles. The van der Waals surface area contributed by atoms with Gasteiger partial charge in [0.25, 0.3) is 0 Å². The molecule has 0 radical (unpaired) electrons. The zero-order chi connectivity index (χ0) is 11.1. The molecule has 0 fully saturated rings. The van der Waals surface area contributed by atoms with Gasteiger partial charge < -0.3 is 10.2 Å². The quantitative estimate of drug-likeness (QED) is 0.741. The highest BCUT2D eigenvalue weighted by molar-refractivity contribution is 6.15. The average Bonchev–Trinajstić information content (AvgIpc) is 2.21. The Morgan fingerprint density at radius 1 is 1.07 bits per heavy atom. The summed E-state index contributed by atoms with van der Waals surface area (Å²) in [7, 11) is 0. The zero-order valence-corrected chi connectivity index (χ0v) is 8.15. The molecule has 4 nitrogen and oxygen atoms in total. The fraction of sp³-hybridized carbons (Fsp3) is 0.111. The molecule has 0 saturated heterocycles. The summed E-state index contributed by atoms with van der Waals surface area (Å²) in [5, 5.41) is 17.0. The summed E-state index contributed by atoms with van der Waals surface area (Å²) in [4.78, 5) is 20.8. The average molecular weight is 217 g/mol. The lowest BCUT2D eigenvalue weighted by molar-refractivity contribution is 0.0696. The first-order valence-electron chi connectivity index (χ1n) is 3.55. The van der Waals surface area contributed by atoms with Crippen LogP contribution in [0.5, 0.6) is 0 Å². The third-order valence-corrected chi connectivity index (χ3v) is 1.36. The first kappa shape index (κ1) is 12.4. The molecule has 1 aromatic rings. The number of hydrogen-bond donors (Lipinski definition) is 2. The van der Waals surface area contributed by atoms with Crippen molar-refractivity contribution in [1.82, 2.24) is 0 Å². The van der Waals surface area contributed by atoms with Crippen molar-refractivity contribution in [2.75, 3.05) is 6.38 Å². The normalized spacial score (nSPS) is 8.43. The van der Waals surface area contributed by atoms with Gasteiger partial charge in [-0.2, -0.15) is 0 Å². The summed E-state index contributed by atoms with van der Waals surface area (Å²) in [5.41, 5.74) is -0.0372. The van der Waals surface area contributed by atoms with Gasteiger partial charge in [0.1, 0.15) is 0 Å². The number of hydrogen-bond acceptors (Lipinski definition) is 2. The van der Waals surface area contributed by atoms with E-state index in [9.17, 15) is 9.59 Å². The molecule has 0 aliphatic heterocycles. The van der Waals surface area contributed by atoms with E-state index in [1.165, 1.54) is 24.6 Å². The van der Waals surface area contributed by atoms with Gasteiger partial charge in [0.05, 0.1) is 11.1 Å². The van der Waals surface area contributed by atoms with E-state index in [0.717, 1.165) is 6.07 Å². The van der Waals surface area contributed by atoms with Gasteiger partial charge in [-0.05, 0) is 18.2 Å². The molecule has 5 heteroatoms. The summed E-state index contributed by atoms with van der Waals surface area (Å²) in [6, 6.07) is 5.20. The van der Waals surface area contributed by atoms with Crippen LogP contribution in [0, 0.1) is 0 Å². The molecule has 1 aromatic carbocycles. The smallest absolute Gasteiger partial charge is 0.335 e. The molecule has 0 heterocycles. The van der Waals surface area contributed by atoms with E-state index in [0.29, 0.717) is 0 Å². The second-order valence-electron chi connectivity index (χ2n) is 2.19. The Hall–Kier alpha value is -1.55. The molecule has 0 atom stereocenters. The van der Waals surface area contributed by atoms with Crippen LogP contribution in [-0.4, -0.2) is 28.5 Å². The van der Waals surface area contributed by atoms with E-state index in [1.807, 2.05) is 0 Å². The van der Waals surface area contributed by atoms with Crippen molar-refractivity contribution in [3.05, 3.63) is 35.4 Å². The Morgan fingerprint density at radius 2 is 1.43 bits per heavy atom.